The van der Waals surface area contributed by atoms with Crippen LogP contribution in [0.3, 0.4) is 0 Å². The molecular formula is C13H20N2O4S. The third-order valence-electron chi connectivity index (χ3n) is 2.48. The van der Waals surface area contributed by atoms with E-state index >= 15 is 0 Å². The number of hydrogen-bond donors (Lipinski definition) is 0. The molecule has 6 nitrogen and oxygen atoms in total. The van der Waals surface area contributed by atoms with Gasteiger partial charge in [0.15, 0.2) is 5.69 Å². The summed E-state index contributed by atoms with van der Waals surface area (Å²) in [6, 6.07) is 0. The number of ether oxygens (including phenoxy) is 2. The minimum absolute atomic E-state index is 0.0517. The molecule has 0 radical (unpaired) electrons. The Kier molecular flexibility index (Phi) is 7.17. The first-order valence-electron chi connectivity index (χ1n) is 6.50. The molecule has 0 atom stereocenters. The molecular weight excluding hydrogens is 280 g/mol. The highest BCUT2D eigenvalue weighted by atomic mass is 32.1. The molecule has 0 spiro atoms. The number of methoxy groups -OCH3 is 1. The summed E-state index contributed by atoms with van der Waals surface area (Å²) in [5, 5.41) is 2.36. The normalized spacial score (nSPS) is 10.3. The van der Waals surface area contributed by atoms with E-state index in [4.69, 9.17) is 9.47 Å². The lowest BCUT2D eigenvalue weighted by atomic mass is 10.4. The van der Waals surface area contributed by atoms with Gasteiger partial charge in [-0.25, -0.2) is 9.78 Å². The molecule has 1 heterocycles. The molecule has 0 saturated heterocycles. The van der Waals surface area contributed by atoms with E-state index in [2.05, 4.69) is 4.98 Å². The van der Waals surface area contributed by atoms with E-state index in [1.807, 2.05) is 6.92 Å². The summed E-state index contributed by atoms with van der Waals surface area (Å²) in [6.07, 6.45) is 0.853. The lowest BCUT2D eigenvalue weighted by Crippen LogP contribution is -2.34. The highest BCUT2D eigenvalue weighted by Gasteiger charge is 2.17. The lowest BCUT2D eigenvalue weighted by molar-refractivity contribution is -0.135. The molecule has 0 bridgehead atoms. The number of thiazole rings is 1. The van der Waals surface area contributed by atoms with Crippen molar-refractivity contribution in [3.8, 4) is 0 Å². The second-order valence-electron chi connectivity index (χ2n) is 4.10. The van der Waals surface area contributed by atoms with E-state index in [9.17, 15) is 9.59 Å². The van der Waals surface area contributed by atoms with Crippen molar-refractivity contribution >= 4 is 23.2 Å². The van der Waals surface area contributed by atoms with Gasteiger partial charge in [0, 0.05) is 19.0 Å². The van der Waals surface area contributed by atoms with Gasteiger partial charge in [0.05, 0.1) is 13.2 Å². The summed E-state index contributed by atoms with van der Waals surface area (Å²) >= 11 is 1.35. The smallest absolute Gasteiger partial charge is 0.357 e. The summed E-state index contributed by atoms with van der Waals surface area (Å²) in [5.74, 6) is -0.512. The fraction of sp³-hybridized carbons (Fsp3) is 0.615. The number of amides is 1. The number of carbonyl (C=O) groups excluding carboxylic acids is 2. The van der Waals surface area contributed by atoms with Crippen LogP contribution in [0.2, 0.25) is 0 Å². The summed E-state index contributed by atoms with van der Waals surface area (Å²) in [6.45, 7) is 5.14. The Morgan fingerprint density at radius 2 is 2.15 bits per heavy atom. The number of aromatic nitrogens is 1. The van der Waals surface area contributed by atoms with Gasteiger partial charge in [0.2, 0.25) is 5.91 Å². The van der Waals surface area contributed by atoms with Crippen LogP contribution in [0, 0.1) is 0 Å². The fourth-order valence-corrected chi connectivity index (χ4v) is 2.40. The zero-order valence-corrected chi connectivity index (χ0v) is 12.9. The summed E-state index contributed by atoms with van der Waals surface area (Å²) in [4.78, 5) is 29.3. The average Bonchev–Trinajstić information content (AvgIpc) is 2.87. The Balaban J connectivity index is 2.69. The topological polar surface area (TPSA) is 68.7 Å². The second kappa shape index (κ2) is 8.65. The number of hydrogen-bond acceptors (Lipinski definition) is 6. The van der Waals surface area contributed by atoms with Gasteiger partial charge in [0.1, 0.15) is 11.6 Å². The van der Waals surface area contributed by atoms with E-state index < -0.39 is 5.97 Å². The minimum Gasteiger partial charge on any atom is -0.461 e. The van der Waals surface area contributed by atoms with Crippen LogP contribution in [-0.2, 0) is 20.8 Å². The number of nitrogens with zero attached hydrogens (tertiary/aromatic N) is 2. The Bertz CT molecular complexity index is 447. The van der Waals surface area contributed by atoms with Gasteiger partial charge in [0.25, 0.3) is 0 Å². The standard InChI is InChI=1S/C13H20N2O4S/c1-4-6-15(12(16)8-18-3)7-11-14-10(9-20-11)13(17)19-5-2/h9H,4-8H2,1-3H3. The molecule has 1 amide bonds. The van der Waals surface area contributed by atoms with Crippen LogP contribution in [-0.4, -0.2) is 48.6 Å². The SMILES string of the molecule is CCCN(Cc1nc(C(=O)OCC)cs1)C(=O)COC. The third kappa shape index (κ3) is 4.90. The molecule has 20 heavy (non-hydrogen) atoms. The Hall–Kier alpha value is -1.47. The molecule has 0 saturated carbocycles. The number of esters is 1. The van der Waals surface area contributed by atoms with Crippen molar-refractivity contribution in [1.29, 1.82) is 0 Å². The second-order valence-corrected chi connectivity index (χ2v) is 5.04. The van der Waals surface area contributed by atoms with Crippen LogP contribution in [0.1, 0.15) is 35.8 Å². The van der Waals surface area contributed by atoms with Gasteiger partial charge in [-0.3, -0.25) is 4.79 Å². The first-order chi connectivity index (χ1) is 9.62. The molecule has 0 aliphatic carbocycles. The average molecular weight is 300 g/mol. The predicted molar refractivity (Wildman–Crippen MR) is 75.7 cm³/mol. The van der Waals surface area contributed by atoms with Gasteiger partial charge < -0.3 is 14.4 Å². The maximum Gasteiger partial charge on any atom is 0.357 e. The largest absolute Gasteiger partial charge is 0.461 e. The van der Waals surface area contributed by atoms with Gasteiger partial charge in [-0.2, -0.15) is 0 Å². The molecule has 0 aromatic carbocycles. The van der Waals surface area contributed by atoms with Gasteiger partial charge in [-0.15, -0.1) is 11.3 Å². The molecule has 1 rings (SSSR count). The molecule has 0 unspecified atom stereocenters. The van der Waals surface area contributed by atoms with E-state index in [1.54, 1.807) is 17.2 Å². The summed E-state index contributed by atoms with van der Waals surface area (Å²) < 4.78 is 9.75. The van der Waals surface area contributed by atoms with Crippen LogP contribution < -0.4 is 0 Å². The van der Waals surface area contributed by atoms with Crippen LogP contribution in [0.5, 0.6) is 0 Å². The van der Waals surface area contributed by atoms with Gasteiger partial charge in [-0.1, -0.05) is 6.92 Å². The molecule has 112 valence electrons. The minimum atomic E-state index is -0.430. The van der Waals surface area contributed by atoms with Crippen molar-refractivity contribution in [2.75, 3.05) is 26.9 Å². The van der Waals surface area contributed by atoms with Gasteiger partial charge >= 0.3 is 5.97 Å². The van der Waals surface area contributed by atoms with E-state index in [0.29, 0.717) is 30.4 Å². The van der Waals surface area contributed by atoms with Crippen molar-refractivity contribution in [2.24, 2.45) is 0 Å². The van der Waals surface area contributed by atoms with Crippen molar-refractivity contribution in [1.82, 2.24) is 9.88 Å². The van der Waals surface area contributed by atoms with Crippen LogP contribution in [0.4, 0.5) is 0 Å². The molecule has 0 N–H and O–H groups in total. The fourth-order valence-electron chi connectivity index (χ4n) is 1.62. The van der Waals surface area contributed by atoms with Gasteiger partial charge in [-0.05, 0) is 13.3 Å². The monoisotopic (exact) mass is 300 g/mol. The zero-order chi connectivity index (χ0) is 15.0. The molecule has 1 aromatic heterocycles. The summed E-state index contributed by atoms with van der Waals surface area (Å²) in [5.41, 5.74) is 0.294. The van der Waals surface area contributed by atoms with E-state index in [0.717, 1.165) is 6.42 Å². The predicted octanol–water partition coefficient (Wildman–Crippen LogP) is 1.70. The Morgan fingerprint density at radius 1 is 1.40 bits per heavy atom. The maximum absolute atomic E-state index is 11.9. The first-order valence-corrected chi connectivity index (χ1v) is 7.38. The molecule has 0 fully saturated rings. The Labute approximate surface area is 122 Å². The van der Waals surface area contributed by atoms with E-state index in [-0.39, 0.29) is 12.5 Å². The highest BCUT2D eigenvalue weighted by Crippen LogP contribution is 2.14. The lowest BCUT2D eigenvalue weighted by Gasteiger charge is -2.20. The molecule has 1 aromatic rings. The van der Waals surface area contributed by atoms with Crippen molar-refractivity contribution in [3.05, 3.63) is 16.1 Å². The van der Waals surface area contributed by atoms with Crippen LogP contribution in [0.15, 0.2) is 5.38 Å². The van der Waals surface area contributed by atoms with Crippen molar-refractivity contribution < 1.29 is 19.1 Å². The zero-order valence-electron chi connectivity index (χ0n) is 12.0. The maximum atomic E-state index is 11.9. The Morgan fingerprint density at radius 3 is 2.75 bits per heavy atom. The molecule has 0 aliphatic rings. The highest BCUT2D eigenvalue weighted by molar-refractivity contribution is 7.09. The van der Waals surface area contributed by atoms with Crippen molar-refractivity contribution in [2.45, 2.75) is 26.8 Å². The number of rotatable bonds is 8. The number of carbonyl (C=O) groups is 2. The van der Waals surface area contributed by atoms with Crippen LogP contribution in [0.25, 0.3) is 0 Å². The summed E-state index contributed by atoms with van der Waals surface area (Å²) in [7, 11) is 1.49. The van der Waals surface area contributed by atoms with Crippen LogP contribution >= 0.6 is 11.3 Å². The quantitative estimate of drug-likeness (QED) is 0.684. The molecule has 7 heteroatoms. The van der Waals surface area contributed by atoms with E-state index in [1.165, 1.54) is 18.4 Å². The van der Waals surface area contributed by atoms with Crippen molar-refractivity contribution in [3.63, 3.8) is 0 Å². The third-order valence-corrected chi connectivity index (χ3v) is 3.31. The first kappa shape index (κ1) is 16.6. The molecule has 0 aliphatic heterocycles.